The molecule has 5 heteroatoms. The number of nitrogens with zero attached hydrogens (tertiary/aromatic N) is 2. The summed E-state index contributed by atoms with van der Waals surface area (Å²) < 4.78 is 5.43. The van der Waals surface area contributed by atoms with Gasteiger partial charge in [0.1, 0.15) is 5.66 Å². The largest absolute Gasteiger partial charge is 0.460 e. The van der Waals surface area contributed by atoms with Crippen LogP contribution in [0.1, 0.15) is 107 Å². The maximum Gasteiger partial charge on any atom is 0.334 e. The Hall–Kier alpha value is -2.17. The molecule has 0 N–H and O–H groups in total. The molecule has 0 aromatic rings. The van der Waals surface area contributed by atoms with Crippen molar-refractivity contribution in [2.75, 3.05) is 0 Å². The fourth-order valence-electron chi connectivity index (χ4n) is 5.40. The first-order valence-corrected chi connectivity index (χ1v) is 13.7. The molecule has 2 aliphatic rings. The number of carbonyl (C=O) groups is 2. The number of hydrogen-bond donors (Lipinski definition) is 0. The molecule has 0 bridgehead atoms. The van der Waals surface area contributed by atoms with Crippen LogP contribution in [0.4, 0.5) is 0 Å². The second-order valence-electron chi connectivity index (χ2n) is 13.3. The summed E-state index contributed by atoms with van der Waals surface area (Å²) in [6.45, 7) is 23.2. The van der Waals surface area contributed by atoms with Crippen molar-refractivity contribution in [2.45, 2.75) is 125 Å². The maximum atomic E-state index is 13.3. The summed E-state index contributed by atoms with van der Waals surface area (Å²) in [6, 6.07) is -0.0761. The van der Waals surface area contributed by atoms with E-state index in [1.807, 2.05) is 26.0 Å². The SMILES string of the molecule is C=CCC(=CC=C(C)C(CCC(C)(C)C)N1C(=O)C=NC12CCC(C(C)(C)C)CC2)C(=O)OC(C)C. The Morgan fingerprint density at radius 3 is 2.31 bits per heavy atom. The lowest BCUT2D eigenvalue weighted by Crippen LogP contribution is -2.54. The lowest BCUT2D eigenvalue weighted by Gasteiger charge is -2.48. The van der Waals surface area contributed by atoms with E-state index in [9.17, 15) is 9.59 Å². The summed E-state index contributed by atoms with van der Waals surface area (Å²) in [6.07, 6.45) is 13.1. The molecular formula is C31H50N2O3. The fraction of sp³-hybridized carbons (Fsp3) is 0.710. The Morgan fingerprint density at radius 2 is 1.81 bits per heavy atom. The maximum absolute atomic E-state index is 13.3. The summed E-state index contributed by atoms with van der Waals surface area (Å²) in [4.78, 5) is 32.8. The Labute approximate surface area is 220 Å². The smallest absolute Gasteiger partial charge is 0.334 e. The highest BCUT2D eigenvalue weighted by atomic mass is 16.5. The minimum atomic E-state index is -0.458. The summed E-state index contributed by atoms with van der Waals surface area (Å²) in [5.74, 6) is 0.319. The van der Waals surface area contributed by atoms with Gasteiger partial charge in [-0.2, -0.15) is 0 Å². The van der Waals surface area contributed by atoms with E-state index in [2.05, 4.69) is 59.9 Å². The van der Waals surface area contributed by atoms with Crippen LogP contribution in [0.2, 0.25) is 0 Å². The average Bonchev–Trinajstić information content (AvgIpc) is 3.05. The third-order valence-electron chi connectivity index (χ3n) is 7.63. The van der Waals surface area contributed by atoms with Crippen LogP contribution in [0.15, 0.2) is 40.9 Å². The van der Waals surface area contributed by atoms with Gasteiger partial charge in [-0.15, -0.1) is 6.58 Å². The molecule has 1 unspecified atom stereocenters. The molecule has 0 aromatic heterocycles. The zero-order valence-corrected chi connectivity index (χ0v) is 24.3. The molecule has 0 aromatic carbocycles. The van der Waals surface area contributed by atoms with E-state index in [1.165, 1.54) is 0 Å². The summed E-state index contributed by atoms with van der Waals surface area (Å²) in [5.41, 5.74) is 1.58. The molecule has 1 spiro atoms. The van der Waals surface area contributed by atoms with Gasteiger partial charge in [-0.25, -0.2) is 4.79 Å². The van der Waals surface area contributed by atoms with Crippen LogP contribution in [-0.4, -0.2) is 40.8 Å². The van der Waals surface area contributed by atoms with Crippen molar-refractivity contribution in [1.29, 1.82) is 0 Å². The van der Waals surface area contributed by atoms with Gasteiger partial charge in [0, 0.05) is 5.57 Å². The van der Waals surface area contributed by atoms with Crippen molar-refractivity contribution in [3.05, 3.63) is 36.0 Å². The first-order valence-electron chi connectivity index (χ1n) is 13.7. The van der Waals surface area contributed by atoms with Crippen LogP contribution < -0.4 is 0 Å². The zero-order chi connectivity index (χ0) is 27.3. The number of aliphatic imine (C=N–C) groups is 1. The van der Waals surface area contributed by atoms with Gasteiger partial charge in [-0.1, -0.05) is 65.3 Å². The molecule has 1 amide bonds. The molecule has 1 aliphatic heterocycles. The number of rotatable bonds is 9. The van der Waals surface area contributed by atoms with E-state index in [-0.39, 0.29) is 34.9 Å². The number of carbonyl (C=O) groups excluding carboxylic acids is 2. The van der Waals surface area contributed by atoms with Gasteiger partial charge in [0.05, 0.1) is 18.4 Å². The van der Waals surface area contributed by atoms with Crippen molar-refractivity contribution in [3.63, 3.8) is 0 Å². The molecule has 1 atom stereocenters. The molecule has 1 saturated carbocycles. The fourth-order valence-corrected chi connectivity index (χ4v) is 5.40. The number of esters is 1. The van der Waals surface area contributed by atoms with Gasteiger partial charge in [-0.05, 0) is 82.5 Å². The van der Waals surface area contributed by atoms with Gasteiger partial charge < -0.3 is 9.64 Å². The van der Waals surface area contributed by atoms with Crippen molar-refractivity contribution >= 4 is 18.1 Å². The number of allylic oxidation sites excluding steroid dienone is 3. The molecule has 202 valence electrons. The Morgan fingerprint density at radius 1 is 1.19 bits per heavy atom. The van der Waals surface area contributed by atoms with Gasteiger partial charge >= 0.3 is 5.97 Å². The van der Waals surface area contributed by atoms with Crippen molar-refractivity contribution < 1.29 is 14.3 Å². The summed E-state index contributed by atoms with van der Waals surface area (Å²) in [5, 5.41) is 0. The highest BCUT2D eigenvalue weighted by Gasteiger charge is 2.49. The van der Waals surface area contributed by atoms with Gasteiger partial charge in [-0.3, -0.25) is 9.79 Å². The van der Waals surface area contributed by atoms with Crippen LogP contribution >= 0.6 is 0 Å². The Bertz CT molecular complexity index is 888. The van der Waals surface area contributed by atoms with E-state index in [4.69, 9.17) is 9.73 Å². The molecule has 0 saturated heterocycles. The predicted octanol–water partition coefficient (Wildman–Crippen LogP) is 7.43. The number of amides is 1. The van der Waals surface area contributed by atoms with E-state index in [0.717, 1.165) is 44.1 Å². The number of ether oxygens (including phenoxy) is 1. The van der Waals surface area contributed by atoms with Crippen molar-refractivity contribution in [2.24, 2.45) is 21.7 Å². The highest BCUT2D eigenvalue weighted by molar-refractivity contribution is 6.28. The highest BCUT2D eigenvalue weighted by Crippen LogP contribution is 2.47. The summed E-state index contributed by atoms with van der Waals surface area (Å²) >= 11 is 0. The molecule has 2 rings (SSSR count). The normalized spacial score (nSPS) is 24.6. The molecule has 36 heavy (non-hydrogen) atoms. The molecule has 1 fully saturated rings. The minimum absolute atomic E-state index is 0.00498. The zero-order valence-electron chi connectivity index (χ0n) is 24.3. The molecule has 1 aliphatic carbocycles. The van der Waals surface area contributed by atoms with E-state index < -0.39 is 5.66 Å². The third kappa shape index (κ3) is 7.91. The standard InChI is InChI=1S/C31H50N2O3/c1-11-12-24(28(35)36-22(2)3)14-13-23(4)26(17-18-29(5,6)7)33-27(34)21-32-31(33)19-15-25(16-20-31)30(8,9)10/h11,13-14,21-22,25-26H,1,12,15-20H2,2-10H3. The molecule has 1 heterocycles. The lowest BCUT2D eigenvalue weighted by atomic mass is 9.69. The average molecular weight is 499 g/mol. The minimum Gasteiger partial charge on any atom is -0.460 e. The summed E-state index contributed by atoms with van der Waals surface area (Å²) in [7, 11) is 0. The van der Waals surface area contributed by atoms with E-state index in [1.54, 1.807) is 12.3 Å². The first kappa shape index (κ1) is 30.1. The van der Waals surface area contributed by atoms with Crippen LogP contribution in [0.25, 0.3) is 0 Å². The second-order valence-corrected chi connectivity index (χ2v) is 13.3. The van der Waals surface area contributed by atoms with E-state index >= 15 is 0 Å². The molecule has 5 nitrogen and oxygen atoms in total. The molecular weight excluding hydrogens is 448 g/mol. The van der Waals surface area contributed by atoms with E-state index in [0.29, 0.717) is 17.9 Å². The first-order chi connectivity index (χ1) is 16.6. The van der Waals surface area contributed by atoms with Crippen LogP contribution in [0.5, 0.6) is 0 Å². The lowest BCUT2D eigenvalue weighted by molar-refractivity contribution is -0.142. The number of hydrogen-bond acceptors (Lipinski definition) is 4. The second kappa shape index (κ2) is 11.9. The van der Waals surface area contributed by atoms with Crippen LogP contribution in [0, 0.1) is 16.7 Å². The van der Waals surface area contributed by atoms with Gasteiger partial charge in [0.25, 0.3) is 5.91 Å². The van der Waals surface area contributed by atoms with Crippen molar-refractivity contribution in [3.8, 4) is 0 Å². The van der Waals surface area contributed by atoms with Gasteiger partial charge in [0.2, 0.25) is 0 Å². The quantitative estimate of drug-likeness (QED) is 0.144. The topological polar surface area (TPSA) is 59.0 Å². The van der Waals surface area contributed by atoms with Crippen LogP contribution in [0.3, 0.4) is 0 Å². The Balaban J connectivity index is 2.41. The van der Waals surface area contributed by atoms with Gasteiger partial charge in [0.15, 0.2) is 0 Å². The van der Waals surface area contributed by atoms with Crippen LogP contribution in [-0.2, 0) is 14.3 Å². The molecule has 0 radical (unpaired) electrons. The third-order valence-corrected chi connectivity index (χ3v) is 7.63. The monoisotopic (exact) mass is 498 g/mol. The van der Waals surface area contributed by atoms with Crippen molar-refractivity contribution in [1.82, 2.24) is 4.90 Å². The predicted molar refractivity (Wildman–Crippen MR) is 150 cm³/mol. The Kier molecular flexibility index (Phi) is 9.95.